The molecule has 0 radical (unpaired) electrons. The minimum Gasteiger partial charge on any atom is -0.423 e. The van der Waals surface area contributed by atoms with Crippen LogP contribution in [0.1, 0.15) is 5.56 Å². The minimum atomic E-state index is -0.240. The second-order valence-corrected chi connectivity index (χ2v) is 4.77. The lowest BCUT2D eigenvalue weighted by molar-refractivity contribution is 0.554. The number of rotatable bonds is 5. The monoisotopic (exact) mass is 285 g/mol. The van der Waals surface area contributed by atoms with Crippen LogP contribution in [0.4, 0.5) is 10.4 Å². The van der Waals surface area contributed by atoms with Gasteiger partial charge in [-0.1, -0.05) is 30.3 Å². The number of nitrogens with two attached hydrogens (primary N) is 1. The van der Waals surface area contributed by atoms with Gasteiger partial charge in [0.15, 0.2) is 5.58 Å². The van der Waals surface area contributed by atoms with Gasteiger partial charge in [-0.25, -0.2) is 4.39 Å². The van der Waals surface area contributed by atoms with E-state index in [0.717, 1.165) is 5.52 Å². The van der Waals surface area contributed by atoms with E-state index in [2.05, 4.69) is 4.98 Å². The van der Waals surface area contributed by atoms with Gasteiger partial charge >= 0.3 is 0 Å². The second-order valence-electron chi connectivity index (χ2n) is 4.77. The van der Waals surface area contributed by atoms with Gasteiger partial charge in [0.25, 0.3) is 6.01 Å². The van der Waals surface area contributed by atoms with Crippen LogP contribution in [0.2, 0.25) is 0 Å². The van der Waals surface area contributed by atoms with Crippen LogP contribution < -0.4 is 10.6 Å². The number of aromatic nitrogens is 1. The lowest BCUT2D eigenvalue weighted by Crippen LogP contribution is -2.29. The molecule has 5 heteroatoms. The molecule has 2 N–H and O–H groups in total. The summed E-state index contributed by atoms with van der Waals surface area (Å²) in [5.74, 6) is -0.240. The summed E-state index contributed by atoms with van der Waals surface area (Å²) in [6, 6.07) is 14.7. The molecule has 0 unspecified atom stereocenters. The Hall–Kier alpha value is -2.40. The van der Waals surface area contributed by atoms with Crippen LogP contribution in [0, 0.1) is 5.82 Å². The molecule has 0 saturated carbocycles. The number of benzene rings is 2. The fourth-order valence-corrected chi connectivity index (χ4v) is 2.23. The standard InChI is InChI=1S/C16H16FN3O/c17-13-6-2-1-5-12(13)11-20(10-9-18)16-19-14-7-3-4-8-15(14)21-16/h1-8H,9-11,18H2. The molecule has 21 heavy (non-hydrogen) atoms. The lowest BCUT2D eigenvalue weighted by Gasteiger charge is -2.19. The number of anilines is 1. The highest BCUT2D eigenvalue weighted by atomic mass is 19.1. The maximum atomic E-state index is 13.8. The van der Waals surface area contributed by atoms with Crippen molar-refractivity contribution in [1.29, 1.82) is 0 Å². The van der Waals surface area contributed by atoms with E-state index in [9.17, 15) is 4.39 Å². The van der Waals surface area contributed by atoms with Crippen LogP contribution in [-0.2, 0) is 6.54 Å². The molecule has 0 aliphatic carbocycles. The van der Waals surface area contributed by atoms with Gasteiger partial charge in [0.1, 0.15) is 11.3 Å². The van der Waals surface area contributed by atoms with Gasteiger partial charge in [-0.2, -0.15) is 4.98 Å². The molecule has 0 aliphatic heterocycles. The van der Waals surface area contributed by atoms with Crippen molar-refractivity contribution in [3.05, 3.63) is 59.9 Å². The molecule has 3 aromatic rings. The summed E-state index contributed by atoms with van der Waals surface area (Å²) in [6.07, 6.45) is 0. The first-order valence-corrected chi connectivity index (χ1v) is 6.82. The van der Waals surface area contributed by atoms with E-state index < -0.39 is 0 Å². The van der Waals surface area contributed by atoms with E-state index in [0.29, 0.717) is 36.8 Å². The van der Waals surface area contributed by atoms with Gasteiger partial charge in [-0.15, -0.1) is 0 Å². The van der Waals surface area contributed by atoms with Crippen LogP contribution in [0.5, 0.6) is 0 Å². The van der Waals surface area contributed by atoms with Crippen LogP contribution in [-0.4, -0.2) is 18.1 Å². The molecule has 0 spiro atoms. The number of para-hydroxylation sites is 2. The molecule has 0 aliphatic rings. The van der Waals surface area contributed by atoms with Crippen molar-refractivity contribution < 1.29 is 8.81 Å². The zero-order valence-corrected chi connectivity index (χ0v) is 11.5. The van der Waals surface area contributed by atoms with Crippen molar-refractivity contribution in [2.75, 3.05) is 18.0 Å². The van der Waals surface area contributed by atoms with E-state index in [1.807, 2.05) is 35.2 Å². The van der Waals surface area contributed by atoms with Gasteiger partial charge in [0, 0.05) is 18.7 Å². The summed E-state index contributed by atoms with van der Waals surface area (Å²) in [6.45, 7) is 1.35. The van der Waals surface area contributed by atoms with E-state index in [4.69, 9.17) is 10.2 Å². The number of fused-ring (bicyclic) bond motifs is 1. The van der Waals surface area contributed by atoms with E-state index in [1.165, 1.54) is 6.07 Å². The Labute approximate surface area is 122 Å². The molecule has 0 atom stereocenters. The summed E-state index contributed by atoms with van der Waals surface area (Å²) in [7, 11) is 0. The number of hydrogen-bond donors (Lipinski definition) is 1. The molecule has 0 bridgehead atoms. The Morgan fingerprint density at radius 1 is 1.10 bits per heavy atom. The summed E-state index contributed by atoms with van der Waals surface area (Å²) in [5.41, 5.74) is 7.73. The SMILES string of the molecule is NCCN(Cc1ccccc1F)c1nc2ccccc2o1. The van der Waals surface area contributed by atoms with Crippen molar-refractivity contribution in [2.24, 2.45) is 5.73 Å². The molecule has 0 amide bonds. The molecule has 3 rings (SSSR count). The van der Waals surface area contributed by atoms with Crippen molar-refractivity contribution >= 4 is 17.1 Å². The highest BCUT2D eigenvalue weighted by Gasteiger charge is 2.15. The highest BCUT2D eigenvalue weighted by molar-refractivity contribution is 5.74. The first-order chi connectivity index (χ1) is 10.3. The first kappa shape index (κ1) is 13.6. The zero-order valence-electron chi connectivity index (χ0n) is 11.5. The number of nitrogens with zero attached hydrogens (tertiary/aromatic N) is 2. The fourth-order valence-electron chi connectivity index (χ4n) is 2.23. The molecule has 2 aromatic carbocycles. The quantitative estimate of drug-likeness (QED) is 0.783. The van der Waals surface area contributed by atoms with Crippen LogP contribution in [0.15, 0.2) is 52.9 Å². The Morgan fingerprint density at radius 2 is 1.86 bits per heavy atom. The third kappa shape index (κ3) is 2.87. The third-order valence-electron chi connectivity index (χ3n) is 3.27. The summed E-state index contributed by atoms with van der Waals surface area (Å²) >= 11 is 0. The molecule has 108 valence electrons. The molecule has 1 aromatic heterocycles. The Kier molecular flexibility index (Phi) is 3.83. The summed E-state index contributed by atoms with van der Waals surface area (Å²) < 4.78 is 19.5. The number of hydrogen-bond acceptors (Lipinski definition) is 4. The Balaban J connectivity index is 1.92. The molecular weight excluding hydrogens is 269 g/mol. The van der Waals surface area contributed by atoms with Gasteiger partial charge in [-0.3, -0.25) is 0 Å². The normalized spacial score (nSPS) is 11.0. The topological polar surface area (TPSA) is 55.3 Å². The summed E-state index contributed by atoms with van der Waals surface area (Å²) in [4.78, 5) is 6.28. The number of halogens is 1. The van der Waals surface area contributed by atoms with Gasteiger partial charge in [-0.05, 0) is 18.2 Å². The van der Waals surface area contributed by atoms with Crippen LogP contribution in [0.25, 0.3) is 11.1 Å². The van der Waals surface area contributed by atoms with Crippen LogP contribution >= 0.6 is 0 Å². The van der Waals surface area contributed by atoms with Crippen molar-refractivity contribution in [2.45, 2.75) is 6.54 Å². The van der Waals surface area contributed by atoms with Gasteiger partial charge in [0.2, 0.25) is 0 Å². The van der Waals surface area contributed by atoms with Gasteiger partial charge in [0.05, 0.1) is 6.54 Å². The Morgan fingerprint density at radius 3 is 2.62 bits per heavy atom. The fraction of sp³-hybridized carbons (Fsp3) is 0.188. The average molecular weight is 285 g/mol. The Bertz CT molecular complexity index is 708. The predicted molar refractivity (Wildman–Crippen MR) is 80.5 cm³/mol. The summed E-state index contributed by atoms with van der Waals surface area (Å²) in [5, 5.41) is 0. The van der Waals surface area contributed by atoms with Crippen molar-refractivity contribution in [3.63, 3.8) is 0 Å². The first-order valence-electron chi connectivity index (χ1n) is 6.82. The van der Waals surface area contributed by atoms with Crippen molar-refractivity contribution in [1.82, 2.24) is 4.98 Å². The smallest absolute Gasteiger partial charge is 0.298 e. The lowest BCUT2D eigenvalue weighted by atomic mass is 10.2. The predicted octanol–water partition coefficient (Wildman–Crippen LogP) is 2.93. The van der Waals surface area contributed by atoms with Crippen LogP contribution in [0.3, 0.4) is 0 Å². The highest BCUT2D eigenvalue weighted by Crippen LogP contribution is 2.23. The third-order valence-corrected chi connectivity index (χ3v) is 3.27. The molecule has 1 heterocycles. The molecule has 0 saturated heterocycles. The minimum absolute atomic E-state index is 0.240. The number of oxazole rings is 1. The van der Waals surface area contributed by atoms with Crippen molar-refractivity contribution in [3.8, 4) is 0 Å². The zero-order chi connectivity index (χ0) is 14.7. The molecule has 0 fully saturated rings. The molecule has 4 nitrogen and oxygen atoms in total. The maximum absolute atomic E-state index is 13.8. The van der Waals surface area contributed by atoms with E-state index in [-0.39, 0.29) is 5.82 Å². The molecular formula is C16H16FN3O. The van der Waals surface area contributed by atoms with E-state index >= 15 is 0 Å². The second kappa shape index (κ2) is 5.93. The van der Waals surface area contributed by atoms with E-state index in [1.54, 1.807) is 12.1 Å². The largest absolute Gasteiger partial charge is 0.423 e. The average Bonchev–Trinajstić information content (AvgIpc) is 2.93. The maximum Gasteiger partial charge on any atom is 0.298 e. The van der Waals surface area contributed by atoms with Gasteiger partial charge < -0.3 is 15.1 Å².